The highest BCUT2D eigenvalue weighted by molar-refractivity contribution is 6.29. The van der Waals surface area contributed by atoms with Gasteiger partial charge in [0.2, 0.25) is 5.88 Å². The molecule has 0 atom stereocenters. The van der Waals surface area contributed by atoms with Crippen molar-refractivity contribution >= 4 is 17.9 Å². The van der Waals surface area contributed by atoms with Gasteiger partial charge in [-0.15, -0.1) is 0 Å². The lowest BCUT2D eigenvalue weighted by Crippen LogP contribution is -1.90. The molecule has 0 bridgehead atoms. The SMILES string of the molecule is COc1cc(C=O)cc(Cl)n1. The summed E-state index contributed by atoms with van der Waals surface area (Å²) in [4.78, 5) is 14.1. The zero-order valence-electron chi connectivity index (χ0n) is 5.87. The first kappa shape index (κ1) is 8.01. The Hall–Kier alpha value is -1.09. The predicted octanol–water partition coefficient (Wildman–Crippen LogP) is 1.56. The predicted molar refractivity (Wildman–Crippen MR) is 41.2 cm³/mol. The summed E-state index contributed by atoms with van der Waals surface area (Å²) >= 11 is 5.56. The summed E-state index contributed by atoms with van der Waals surface area (Å²) < 4.78 is 4.78. The van der Waals surface area contributed by atoms with E-state index in [1.807, 2.05) is 0 Å². The van der Waals surface area contributed by atoms with Crippen LogP contribution in [-0.4, -0.2) is 18.4 Å². The maximum absolute atomic E-state index is 10.3. The lowest BCUT2D eigenvalue weighted by Gasteiger charge is -1.98. The molecule has 3 nitrogen and oxygen atoms in total. The van der Waals surface area contributed by atoms with E-state index in [1.165, 1.54) is 19.2 Å². The molecule has 1 rings (SSSR count). The van der Waals surface area contributed by atoms with Crippen LogP contribution < -0.4 is 4.74 Å². The molecule has 0 aliphatic carbocycles. The van der Waals surface area contributed by atoms with Gasteiger partial charge in [0.1, 0.15) is 11.4 Å². The molecule has 0 saturated carbocycles. The van der Waals surface area contributed by atoms with Crippen LogP contribution in [0.4, 0.5) is 0 Å². The lowest BCUT2D eigenvalue weighted by molar-refractivity contribution is 0.112. The van der Waals surface area contributed by atoms with Crippen LogP contribution >= 0.6 is 11.6 Å². The second-order valence-corrected chi connectivity index (χ2v) is 2.27. The van der Waals surface area contributed by atoms with Crippen molar-refractivity contribution in [1.82, 2.24) is 4.98 Å². The van der Waals surface area contributed by atoms with Crippen molar-refractivity contribution in [2.24, 2.45) is 0 Å². The quantitative estimate of drug-likeness (QED) is 0.501. The zero-order chi connectivity index (χ0) is 8.27. The Labute approximate surface area is 69.0 Å². The van der Waals surface area contributed by atoms with Crippen LogP contribution in [0.25, 0.3) is 0 Å². The van der Waals surface area contributed by atoms with Gasteiger partial charge in [-0.05, 0) is 6.07 Å². The van der Waals surface area contributed by atoms with Crippen molar-refractivity contribution in [1.29, 1.82) is 0 Å². The fourth-order valence-corrected chi connectivity index (χ4v) is 0.873. The number of rotatable bonds is 2. The molecular formula is C7H6ClNO2. The summed E-state index contributed by atoms with van der Waals surface area (Å²) in [5.74, 6) is 0.347. The van der Waals surface area contributed by atoms with Gasteiger partial charge in [0.15, 0.2) is 0 Å². The van der Waals surface area contributed by atoms with E-state index >= 15 is 0 Å². The van der Waals surface area contributed by atoms with Crippen molar-refractivity contribution in [3.05, 3.63) is 22.8 Å². The molecule has 1 aromatic rings. The molecule has 0 radical (unpaired) electrons. The van der Waals surface area contributed by atoms with Crippen molar-refractivity contribution in [3.8, 4) is 5.88 Å². The highest BCUT2D eigenvalue weighted by atomic mass is 35.5. The van der Waals surface area contributed by atoms with Crippen LogP contribution in [0.3, 0.4) is 0 Å². The monoisotopic (exact) mass is 171 g/mol. The molecule has 0 N–H and O–H groups in total. The standard InChI is InChI=1S/C7H6ClNO2/c1-11-7-3-5(4-10)2-6(8)9-7/h2-4H,1H3. The first-order valence-electron chi connectivity index (χ1n) is 2.93. The number of hydrogen-bond acceptors (Lipinski definition) is 3. The normalized spacial score (nSPS) is 9.27. The number of carbonyl (C=O) groups excluding carboxylic acids is 1. The highest BCUT2D eigenvalue weighted by Crippen LogP contribution is 2.14. The van der Waals surface area contributed by atoms with E-state index in [2.05, 4.69) is 4.98 Å². The van der Waals surface area contributed by atoms with Crippen molar-refractivity contribution in [2.75, 3.05) is 7.11 Å². The van der Waals surface area contributed by atoms with Gasteiger partial charge in [-0.2, -0.15) is 0 Å². The molecule has 1 aromatic heterocycles. The van der Waals surface area contributed by atoms with E-state index in [0.717, 1.165) is 0 Å². The Morgan fingerprint density at radius 3 is 2.91 bits per heavy atom. The number of hydrogen-bond donors (Lipinski definition) is 0. The smallest absolute Gasteiger partial charge is 0.215 e. The molecule has 0 aliphatic rings. The van der Waals surface area contributed by atoms with Gasteiger partial charge in [-0.25, -0.2) is 4.98 Å². The molecule has 11 heavy (non-hydrogen) atoms. The Morgan fingerprint density at radius 2 is 2.36 bits per heavy atom. The van der Waals surface area contributed by atoms with Crippen LogP contribution in [-0.2, 0) is 0 Å². The second kappa shape index (κ2) is 3.34. The summed E-state index contributed by atoms with van der Waals surface area (Å²) in [6.07, 6.45) is 0.691. The molecule has 0 spiro atoms. The van der Waals surface area contributed by atoms with Crippen LogP contribution in [0.15, 0.2) is 12.1 Å². The van der Waals surface area contributed by atoms with E-state index in [1.54, 1.807) is 0 Å². The summed E-state index contributed by atoms with van der Waals surface area (Å²) in [5, 5.41) is 0.256. The molecule has 0 aliphatic heterocycles. The first-order chi connectivity index (χ1) is 5.26. The number of carbonyl (C=O) groups is 1. The number of pyridine rings is 1. The molecular weight excluding hydrogens is 166 g/mol. The Balaban J connectivity index is 3.11. The van der Waals surface area contributed by atoms with E-state index < -0.39 is 0 Å². The molecule has 0 fully saturated rings. The number of methoxy groups -OCH3 is 1. The van der Waals surface area contributed by atoms with Crippen LogP contribution in [0.1, 0.15) is 10.4 Å². The number of aldehydes is 1. The van der Waals surface area contributed by atoms with E-state index in [0.29, 0.717) is 17.7 Å². The summed E-state index contributed by atoms with van der Waals surface area (Å²) in [7, 11) is 1.47. The van der Waals surface area contributed by atoms with Gasteiger partial charge in [0, 0.05) is 11.6 Å². The molecule has 58 valence electrons. The van der Waals surface area contributed by atoms with E-state index in [9.17, 15) is 4.79 Å². The average Bonchev–Trinajstić information content (AvgIpc) is 2.03. The maximum atomic E-state index is 10.3. The Kier molecular flexibility index (Phi) is 2.44. The van der Waals surface area contributed by atoms with Crippen LogP contribution in [0.2, 0.25) is 5.15 Å². The van der Waals surface area contributed by atoms with Crippen LogP contribution in [0, 0.1) is 0 Å². The van der Waals surface area contributed by atoms with Gasteiger partial charge in [0.05, 0.1) is 7.11 Å². The molecule has 1 heterocycles. The van der Waals surface area contributed by atoms with Crippen LogP contribution in [0.5, 0.6) is 5.88 Å². The highest BCUT2D eigenvalue weighted by Gasteiger charge is 1.98. The molecule has 4 heteroatoms. The number of nitrogens with zero attached hydrogens (tertiary/aromatic N) is 1. The van der Waals surface area contributed by atoms with Gasteiger partial charge >= 0.3 is 0 Å². The molecule has 0 unspecified atom stereocenters. The van der Waals surface area contributed by atoms with Gasteiger partial charge in [0.25, 0.3) is 0 Å². The zero-order valence-corrected chi connectivity index (χ0v) is 6.63. The minimum absolute atomic E-state index is 0.256. The fourth-order valence-electron chi connectivity index (χ4n) is 0.664. The summed E-state index contributed by atoms with van der Waals surface area (Å²) in [5.41, 5.74) is 0.460. The topological polar surface area (TPSA) is 39.2 Å². The number of halogens is 1. The Bertz CT molecular complexity index is 275. The van der Waals surface area contributed by atoms with Crippen molar-refractivity contribution in [3.63, 3.8) is 0 Å². The third kappa shape index (κ3) is 1.91. The Morgan fingerprint density at radius 1 is 1.64 bits per heavy atom. The van der Waals surface area contributed by atoms with Crippen molar-refractivity contribution in [2.45, 2.75) is 0 Å². The molecule has 0 aromatic carbocycles. The molecule has 0 saturated heterocycles. The van der Waals surface area contributed by atoms with Gasteiger partial charge < -0.3 is 4.74 Å². The number of aromatic nitrogens is 1. The first-order valence-corrected chi connectivity index (χ1v) is 3.31. The summed E-state index contributed by atoms with van der Waals surface area (Å²) in [6, 6.07) is 2.98. The summed E-state index contributed by atoms with van der Waals surface area (Å²) in [6.45, 7) is 0. The third-order valence-corrected chi connectivity index (χ3v) is 1.33. The number of ether oxygens (including phenoxy) is 1. The minimum Gasteiger partial charge on any atom is -0.481 e. The van der Waals surface area contributed by atoms with Gasteiger partial charge in [-0.1, -0.05) is 11.6 Å². The molecule has 0 amide bonds. The average molecular weight is 172 g/mol. The second-order valence-electron chi connectivity index (χ2n) is 1.88. The third-order valence-electron chi connectivity index (χ3n) is 1.14. The fraction of sp³-hybridized carbons (Fsp3) is 0.143. The largest absolute Gasteiger partial charge is 0.481 e. The lowest BCUT2D eigenvalue weighted by atomic mass is 10.3. The van der Waals surface area contributed by atoms with E-state index in [-0.39, 0.29) is 5.15 Å². The van der Waals surface area contributed by atoms with Crippen molar-refractivity contribution < 1.29 is 9.53 Å². The van der Waals surface area contributed by atoms with Gasteiger partial charge in [-0.3, -0.25) is 4.79 Å². The van der Waals surface area contributed by atoms with E-state index in [4.69, 9.17) is 16.3 Å². The minimum atomic E-state index is 0.256. The maximum Gasteiger partial charge on any atom is 0.215 e.